The summed E-state index contributed by atoms with van der Waals surface area (Å²) in [6, 6.07) is 8.02. The Hall–Kier alpha value is -2.38. The van der Waals surface area contributed by atoms with Crippen LogP contribution in [-0.2, 0) is 20.9 Å². The predicted octanol–water partition coefficient (Wildman–Crippen LogP) is 1.14. The maximum absolute atomic E-state index is 11.9. The zero-order valence-electron chi connectivity index (χ0n) is 26.1. The van der Waals surface area contributed by atoms with Crippen molar-refractivity contribution in [1.82, 2.24) is 31.5 Å². The van der Waals surface area contributed by atoms with Gasteiger partial charge in [-0.05, 0) is 68.9 Å². The van der Waals surface area contributed by atoms with Gasteiger partial charge >= 0.3 is 5.97 Å². The number of carboxylic acids is 1. The molecule has 0 saturated carbocycles. The summed E-state index contributed by atoms with van der Waals surface area (Å²) in [5, 5.41) is 30.4. The number of hydrogen-bond acceptors (Lipinski definition) is 9. The fraction of sp³-hybridized carbons (Fsp3) is 0.688. The van der Waals surface area contributed by atoms with Crippen LogP contribution in [-0.4, -0.2) is 111 Å². The molecule has 0 aliphatic carbocycles. The monoisotopic (exact) mass is 599 g/mol. The van der Waals surface area contributed by atoms with Crippen molar-refractivity contribution in [2.24, 2.45) is 5.92 Å². The SMILES string of the molecule is CCNC12CNCCNCC(OCc3ccc(NC(=O)C=CC(=O)O)cc3)(CNCCC(C)C1)CNCCN1CCCC12. The minimum absolute atomic E-state index is 0.0687. The molecule has 1 amide bonds. The second-order valence-corrected chi connectivity index (χ2v) is 12.5. The van der Waals surface area contributed by atoms with E-state index in [0.717, 1.165) is 103 Å². The van der Waals surface area contributed by atoms with Gasteiger partial charge in [0.05, 0.1) is 6.61 Å². The molecular weight excluding hydrogens is 546 g/mol. The average molecular weight is 600 g/mol. The van der Waals surface area contributed by atoms with E-state index in [9.17, 15) is 9.59 Å². The highest BCUT2D eigenvalue weighted by Crippen LogP contribution is 2.33. The minimum atomic E-state index is -1.16. The second-order valence-electron chi connectivity index (χ2n) is 12.5. The van der Waals surface area contributed by atoms with E-state index in [0.29, 0.717) is 24.3 Å². The van der Waals surface area contributed by atoms with E-state index in [1.54, 1.807) is 0 Å². The van der Waals surface area contributed by atoms with Crippen molar-refractivity contribution in [1.29, 1.82) is 0 Å². The first-order valence-corrected chi connectivity index (χ1v) is 16.1. The van der Waals surface area contributed by atoms with Crippen LogP contribution in [0.1, 0.15) is 45.1 Å². The van der Waals surface area contributed by atoms with Crippen LogP contribution >= 0.6 is 0 Å². The highest BCUT2D eigenvalue weighted by Gasteiger charge is 2.44. The van der Waals surface area contributed by atoms with Crippen molar-refractivity contribution in [2.45, 2.75) is 63.3 Å². The second kappa shape index (κ2) is 16.6. The summed E-state index contributed by atoms with van der Waals surface area (Å²) in [6.07, 6.45) is 6.60. The fourth-order valence-electron chi connectivity index (χ4n) is 6.97. The van der Waals surface area contributed by atoms with E-state index in [4.69, 9.17) is 9.84 Å². The average Bonchev–Trinajstić information content (AvgIpc) is 3.46. The lowest BCUT2D eigenvalue weighted by atomic mass is 9.79. The van der Waals surface area contributed by atoms with E-state index in [1.807, 2.05) is 24.3 Å². The highest BCUT2D eigenvalue weighted by molar-refractivity contribution is 6.02. The molecule has 0 spiro atoms. The van der Waals surface area contributed by atoms with Crippen LogP contribution in [0.15, 0.2) is 36.4 Å². The molecule has 4 saturated heterocycles. The van der Waals surface area contributed by atoms with Gasteiger partial charge in [-0.25, -0.2) is 4.79 Å². The number of nitrogens with one attached hydrogen (secondary N) is 6. The molecule has 4 heterocycles. The van der Waals surface area contributed by atoms with Crippen molar-refractivity contribution < 1.29 is 19.4 Å². The van der Waals surface area contributed by atoms with Gasteiger partial charge in [0.1, 0.15) is 5.60 Å². The maximum atomic E-state index is 11.9. The fourth-order valence-corrected chi connectivity index (χ4v) is 6.97. The van der Waals surface area contributed by atoms with Gasteiger partial charge in [0.2, 0.25) is 5.91 Å². The smallest absolute Gasteiger partial charge is 0.328 e. The van der Waals surface area contributed by atoms with Gasteiger partial charge in [-0.15, -0.1) is 0 Å². The molecule has 4 aliphatic heterocycles. The Morgan fingerprint density at radius 3 is 2.40 bits per heavy atom. The van der Waals surface area contributed by atoms with Gasteiger partial charge in [-0.3, -0.25) is 9.69 Å². The molecule has 11 heteroatoms. The molecule has 240 valence electrons. The van der Waals surface area contributed by atoms with E-state index in [-0.39, 0.29) is 5.54 Å². The first-order chi connectivity index (χ1) is 20.8. The number of amides is 1. The van der Waals surface area contributed by atoms with Crippen LogP contribution in [0.4, 0.5) is 5.69 Å². The summed E-state index contributed by atoms with van der Waals surface area (Å²) in [6.45, 7) is 15.0. The number of likely N-dealkylation sites (N-methyl/N-ethyl adjacent to an activating group) is 1. The van der Waals surface area contributed by atoms with Crippen LogP contribution in [0.3, 0.4) is 0 Å². The Morgan fingerprint density at radius 1 is 0.977 bits per heavy atom. The number of fused-ring (bicyclic) bond motifs is 13. The van der Waals surface area contributed by atoms with E-state index < -0.39 is 17.5 Å². The van der Waals surface area contributed by atoms with Gasteiger partial charge in [-0.2, -0.15) is 0 Å². The zero-order chi connectivity index (χ0) is 30.5. The number of benzene rings is 1. The Balaban J connectivity index is 1.47. The number of hydrogen-bond donors (Lipinski definition) is 7. The number of carbonyl (C=O) groups excluding carboxylic acids is 1. The van der Waals surface area contributed by atoms with E-state index in [2.05, 4.69) is 50.6 Å². The quantitative estimate of drug-likeness (QED) is 0.218. The predicted molar refractivity (Wildman–Crippen MR) is 170 cm³/mol. The molecule has 11 nitrogen and oxygen atoms in total. The lowest BCUT2D eigenvalue weighted by Crippen LogP contribution is -2.65. The Kier molecular flexibility index (Phi) is 13.0. The first-order valence-electron chi connectivity index (χ1n) is 16.1. The minimum Gasteiger partial charge on any atom is -0.478 e. The Bertz CT molecular complexity index is 1050. The number of nitrogens with zero attached hydrogens (tertiary/aromatic N) is 1. The number of anilines is 1. The summed E-state index contributed by atoms with van der Waals surface area (Å²) in [4.78, 5) is 25.3. The number of rotatable bonds is 8. The molecule has 1 aromatic rings. The Labute approximate surface area is 257 Å². The summed E-state index contributed by atoms with van der Waals surface area (Å²) >= 11 is 0. The van der Waals surface area contributed by atoms with Crippen molar-refractivity contribution in [3.05, 3.63) is 42.0 Å². The summed E-state index contributed by atoms with van der Waals surface area (Å²) in [5.74, 6) is -1.05. The van der Waals surface area contributed by atoms with Gasteiger partial charge < -0.3 is 41.7 Å². The standard InChI is InChI=1S/C32H53N7O4/c1-3-37-32-19-25(2)12-13-33-21-31(22-34-14-15-35-24-32,23-36-16-18-39-17-4-5-28(32)39)43-20-26-6-8-27(9-7-26)38-29(40)10-11-30(41)42/h6-11,25,28,33-37H,3-5,12-24H2,1-2H3,(H,38,40)(H,41,42). The molecular formula is C32H53N7O4. The molecule has 7 N–H and O–H groups in total. The number of carbonyl (C=O) groups is 2. The lowest BCUT2D eigenvalue weighted by molar-refractivity contribution is -0.131. The molecule has 1 aromatic carbocycles. The number of aliphatic carboxylic acids is 1. The molecule has 4 unspecified atom stereocenters. The van der Waals surface area contributed by atoms with Crippen molar-refractivity contribution in [3.8, 4) is 0 Å². The first kappa shape index (κ1) is 33.5. The molecule has 2 bridgehead atoms. The van der Waals surface area contributed by atoms with Crippen molar-refractivity contribution in [3.63, 3.8) is 0 Å². The normalized spacial score (nSPS) is 30.0. The third-order valence-corrected chi connectivity index (χ3v) is 9.04. The topological polar surface area (TPSA) is 139 Å². The van der Waals surface area contributed by atoms with Crippen LogP contribution < -0.4 is 31.9 Å². The molecule has 43 heavy (non-hydrogen) atoms. The number of carboxylic acid groups (broad SMARTS) is 1. The van der Waals surface area contributed by atoms with Gasteiger partial charge in [0.25, 0.3) is 0 Å². The van der Waals surface area contributed by atoms with Gasteiger partial charge in [-0.1, -0.05) is 26.0 Å². The molecule has 4 fully saturated rings. The largest absolute Gasteiger partial charge is 0.478 e. The molecule has 0 radical (unpaired) electrons. The summed E-state index contributed by atoms with van der Waals surface area (Å²) < 4.78 is 6.76. The van der Waals surface area contributed by atoms with Crippen molar-refractivity contribution in [2.75, 3.05) is 77.3 Å². The van der Waals surface area contributed by atoms with Crippen LogP contribution in [0.25, 0.3) is 0 Å². The third kappa shape index (κ3) is 10.1. The van der Waals surface area contributed by atoms with E-state index >= 15 is 0 Å². The number of ether oxygens (including phenoxy) is 1. The molecule has 4 aliphatic rings. The zero-order valence-corrected chi connectivity index (χ0v) is 26.1. The van der Waals surface area contributed by atoms with Crippen LogP contribution in [0, 0.1) is 5.92 Å². The van der Waals surface area contributed by atoms with Crippen LogP contribution in [0.2, 0.25) is 0 Å². The van der Waals surface area contributed by atoms with Gasteiger partial charge in [0.15, 0.2) is 0 Å². The molecule has 4 atom stereocenters. The summed E-state index contributed by atoms with van der Waals surface area (Å²) in [7, 11) is 0. The molecule has 5 rings (SSSR count). The maximum Gasteiger partial charge on any atom is 0.328 e. The Morgan fingerprint density at radius 2 is 1.67 bits per heavy atom. The summed E-state index contributed by atoms with van der Waals surface area (Å²) in [5.41, 5.74) is 1.23. The lowest BCUT2D eigenvalue weighted by Gasteiger charge is -2.46. The molecule has 0 aromatic heterocycles. The van der Waals surface area contributed by atoms with Crippen molar-refractivity contribution >= 4 is 17.6 Å². The van der Waals surface area contributed by atoms with Gasteiger partial charge in [0, 0.05) is 81.8 Å². The third-order valence-electron chi connectivity index (χ3n) is 9.04. The highest BCUT2D eigenvalue weighted by atomic mass is 16.5. The van der Waals surface area contributed by atoms with E-state index in [1.165, 1.54) is 12.8 Å². The van der Waals surface area contributed by atoms with Crippen LogP contribution in [0.5, 0.6) is 0 Å².